The molecule has 0 saturated carbocycles. The molecule has 0 aromatic carbocycles. The van der Waals surface area contributed by atoms with Gasteiger partial charge in [-0.2, -0.15) is 0 Å². The predicted molar refractivity (Wildman–Crippen MR) is 92.4 cm³/mol. The summed E-state index contributed by atoms with van der Waals surface area (Å²) in [5.74, 6) is -2.41. The monoisotopic (exact) mass is 377 g/mol. The summed E-state index contributed by atoms with van der Waals surface area (Å²) < 4.78 is 11.8. The molecule has 10 heteroatoms. The van der Waals surface area contributed by atoms with Crippen LogP contribution in [-0.2, 0) is 11.3 Å². The first-order valence-corrected chi connectivity index (χ1v) is 8.30. The second-order valence-corrected chi connectivity index (χ2v) is 5.87. The molecule has 3 heterocycles. The third-order valence-electron chi connectivity index (χ3n) is 4.15. The van der Waals surface area contributed by atoms with Crippen LogP contribution in [0.25, 0.3) is 0 Å². The number of carbonyl (C=O) groups excluding carboxylic acids is 1. The lowest BCUT2D eigenvalue weighted by atomic mass is 10.2. The first-order chi connectivity index (χ1) is 12.9. The summed E-state index contributed by atoms with van der Waals surface area (Å²) in [6.07, 6.45) is 2.53. The van der Waals surface area contributed by atoms with Crippen molar-refractivity contribution in [1.82, 2.24) is 9.58 Å². The number of carboxylic acids is 1. The Kier molecular flexibility index (Phi) is 5.17. The minimum atomic E-state index is -1.49. The van der Waals surface area contributed by atoms with Gasteiger partial charge in [0.05, 0.1) is 19.4 Å². The smallest absolute Gasteiger partial charge is 0.341 e. The molecule has 0 bridgehead atoms. The van der Waals surface area contributed by atoms with Crippen molar-refractivity contribution in [2.75, 3.05) is 31.4 Å². The maximum absolute atomic E-state index is 12.8. The Morgan fingerprint density at radius 1 is 1.37 bits per heavy atom. The van der Waals surface area contributed by atoms with E-state index in [-0.39, 0.29) is 32.1 Å². The van der Waals surface area contributed by atoms with E-state index >= 15 is 0 Å². The molecule has 0 aliphatic carbocycles. The van der Waals surface area contributed by atoms with Gasteiger partial charge in [0, 0.05) is 19.3 Å². The van der Waals surface area contributed by atoms with Gasteiger partial charge in [-0.1, -0.05) is 0 Å². The lowest BCUT2D eigenvalue weighted by Crippen LogP contribution is -2.54. The Labute approximate surface area is 153 Å². The fourth-order valence-electron chi connectivity index (χ4n) is 2.84. The number of aromatic carboxylic acids is 1. The summed E-state index contributed by atoms with van der Waals surface area (Å²) in [5.41, 5.74) is -2.03. The molecule has 27 heavy (non-hydrogen) atoms. The summed E-state index contributed by atoms with van der Waals surface area (Å²) in [7, 11) is 0. The Morgan fingerprint density at radius 2 is 2.15 bits per heavy atom. The van der Waals surface area contributed by atoms with Crippen LogP contribution in [0.15, 0.2) is 33.8 Å². The number of hydrogen-bond acceptors (Lipinski definition) is 7. The predicted octanol–water partition coefficient (Wildman–Crippen LogP) is 0.433. The summed E-state index contributed by atoms with van der Waals surface area (Å²) >= 11 is 0. The van der Waals surface area contributed by atoms with E-state index < -0.39 is 28.6 Å². The quantitative estimate of drug-likeness (QED) is 0.666. The van der Waals surface area contributed by atoms with Crippen molar-refractivity contribution in [3.05, 3.63) is 51.8 Å². The van der Waals surface area contributed by atoms with Crippen molar-refractivity contribution in [2.45, 2.75) is 13.5 Å². The number of aromatic hydroxyl groups is 1. The van der Waals surface area contributed by atoms with Crippen molar-refractivity contribution < 1.29 is 29.0 Å². The van der Waals surface area contributed by atoms with Crippen LogP contribution in [0.3, 0.4) is 0 Å². The zero-order valence-electron chi connectivity index (χ0n) is 14.6. The molecule has 0 spiro atoms. The number of aromatic nitrogens is 1. The molecule has 1 amide bonds. The minimum Gasteiger partial charge on any atom is -0.502 e. The Hall–Kier alpha value is -3.27. The molecule has 0 unspecified atom stereocenters. The summed E-state index contributed by atoms with van der Waals surface area (Å²) in [5, 5.41) is 21.1. The molecular formula is C17H19N3O7. The van der Waals surface area contributed by atoms with Crippen LogP contribution in [0.2, 0.25) is 0 Å². The van der Waals surface area contributed by atoms with E-state index in [9.17, 15) is 24.6 Å². The topological polar surface area (TPSA) is 125 Å². The van der Waals surface area contributed by atoms with Gasteiger partial charge in [0.2, 0.25) is 5.43 Å². The fraction of sp³-hybridized carbons (Fsp3) is 0.353. The number of pyridine rings is 1. The molecule has 0 atom stereocenters. The molecule has 144 valence electrons. The fourth-order valence-corrected chi connectivity index (χ4v) is 2.84. The molecule has 1 aliphatic heterocycles. The standard InChI is InChI=1S/C17H19N3O7/c1-2-26-7-5-18-10-19(8-11-4-3-6-27-11)20-9-12(17(24)25)14(21)15(22)13(20)16(18)23/h3-4,6,9,22H,2,5,7-8,10H2,1H3,(H,24,25). The average Bonchev–Trinajstić information content (AvgIpc) is 3.14. The summed E-state index contributed by atoms with van der Waals surface area (Å²) in [4.78, 5) is 37.6. The maximum Gasteiger partial charge on any atom is 0.341 e. The molecule has 10 nitrogen and oxygen atoms in total. The van der Waals surface area contributed by atoms with Crippen LogP contribution in [0.5, 0.6) is 5.75 Å². The van der Waals surface area contributed by atoms with E-state index in [2.05, 4.69) is 0 Å². The third kappa shape index (κ3) is 3.51. The number of carboxylic acid groups (broad SMARTS) is 1. The highest BCUT2D eigenvalue weighted by molar-refractivity contribution is 5.97. The van der Waals surface area contributed by atoms with Gasteiger partial charge in [0.1, 0.15) is 18.0 Å². The van der Waals surface area contributed by atoms with Gasteiger partial charge in [-0.3, -0.25) is 19.3 Å². The Balaban J connectivity index is 2.06. The van der Waals surface area contributed by atoms with Gasteiger partial charge in [-0.05, 0) is 19.1 Å². The van der Waals surface area contributed by atoms with Gasteiger partial charge < -0.3 is 24.3 Å². The van der Waals surface area contributed by atoms with Crippen molar-refractivity contribution in [2.24, 2.45) is 0 Å². The lowest BCUT2D eigenvalue weighted by Gasteiger charge is -2.39. The number of amides is 1. The van der Waals surface area contributed by atoms with E-state index in [4.69, 9.17) is 9.15 Å². The zero-order chi connectivity index (χ0) is 19.6. The van der Waals surface area contributed by atoms with Crippen molar-refractivity contribution in [3.8, 4) is 5.75 Å². The molecule has 0 radical (unpaired) electrons. The van der Waals surface area contributed by atoms with Crippen LogP contribution in [0.1, 0.15) is 33.5 Å². The highest BCUT2D eigenvalue weighted by atomic mass is 16.5. The van der Waals surface area contributed by atoms with Gasteiger partial charge in [-0.15, -0.1) is 0 Å². The molecule has 1 aliphatic rings. The molecular weight excluding hydrogens is 358 g/mol. The van der Waals surface area contributed by atoms with Crippen molar-refractivity contribution in [1.29, 1.82) is 0 Å². The molecule has 0 fully saturated rings. The summed E-state index contributed by atoms with van der Waals surface area (Å²) in [6.45, 7) is 3.14. The van der Waals surface area contributed by atoms with Gasteiger partial charge >= 0.3 is 5.97 Å². The van der Waals surface area contributed by atoms with Crippen LogP contribution in [0, 0.1) is 0 Å². The van der Waals surface area contributed by atoms with E-state index in [0.29, 0.717) is 12.4 Å². The normalized spacial score (nSPS) is 13.7. The molecule has 2 N–H and O–H groups in total. The van der Waals surface area contributed by atoms with E-state index in [1.165, 1.54) is 15.8 Å². The number of rotatable bonds is 7. The second-order valence-electron chi connectivity index (χ2n) is 5.87. The van der Waals surface area contributed by atoms with Crippen molar-refractivity contribution in [3.63, 3.8) is 0 Å². The van der Waals surface area contributed by atoms with Gasteiger partial charge in [0.25, 0.3) is 5.91 Å². The molecule has 0 saturated heterocycles. The maximum atomic E-state index is 12.8. The second kappa shape index (κ2) is 7.54. The highest BCUT2D eigenvalue weighted by Crippen LogP contribution is 2.22. The average molecular weight is 377 g/mol. The summed E-state index contributed by atoms with van der Waals surface area (Å²) in [6, 6.07) is 3.42. The Bertz CT molecular complexity index is 904. The van der Waals surface area contributed by atoms with Gasteiger partial charge in [0.15, 0.2) is 11.4 Å². The van der Waals surface area contributed by atoms with Crippen LogP contribution in [0.4, 0.5) is 0 Å². The number of furan rings is 1. The number of ether oxygens (including phenoxy) is 1. The number of fused-ring (bicyclic) bond motifs is 1. The lowest BCUT2D eigenvalue weighted by molar-refractivity contribution is 0.0577. The number of hydrogen-bond donors (Lipinski definition) is 2. The molecule has 2 aromatic heterocycles. The van der Waals surface area contributed by atoms with E-state index in [1.54, 1.807) is 17.1 Å². The minimum absolute atomic E-state index is 0.0982. The molecule has 2 aromatic rings. The first-order valence-electron chi connectivity index (χ1n) is 8.30. The van der Waals surface area contributed by atoms with E-state index in [1.807, 2.05) is 6.92 Å². The van der Waals surface area contributed by atoms with Crippen LogP contribution in [-0.4, -0.2) is 58.1 Å². The number of nitrogens with zero attached hydrogens (tertiary/aromatic N) is 3. The Morgan fingerprint density at radius 3 is 2.78 bits per heavy atom. The highest BCUT2D eigenvalue weighted by Gasteiger charge is 2.34. The van der Waals surface area contributed by atoms with Gasteiger partial charge in [-0.25, -0.2) is 4.79 Å². The van der Waals surface area contributed by atoms with Crippen LogP contribution < -0.4 is 10.4 Å². The number of carbonyl (C=O) groups is 2. The zero-order valence-corrected chi connectivity index (χ0v) is 14.6. The van der Waals surface area contributed by atoms with E-state index in [0.717, 1.165) is 6.20 Å². The molecule has 3 rings (SSSR count). The van der Waals surface area contributed by atoms with Crippen LogP contribution >= 0.6 is 0 Å². The van der Waals surface area contributed by atoms with Crippen molar-refractivity contribution >= 4 is 11.9 Å². The third-order valence-corrected chi connectivity index (χ3v) is 4.15. The first kappa shape index (κ1) is 18.5. The SMILES string of the molecule is CCOCCN1CN(Cc2ccco2)n2cc(C(=O)O)c(=O)c(O)c2C1=O. The largest absolute Gasteiger partial charge is 0.502 e.